The van der Waals surface area contributed by atoms with Gasteiger partial charge in [-0.2, -0.15) is 0 Å². The van der Waals surface area contributed by atoms with Crippen LogP contribution in [0, 0.1) is 5.41 Å². The molecule has 0 unspecified atom stereocenters. The van der Waals surface area contributed by atoms with Crippen LogP contribution in [0.15, 0.2) is 24.3 Å². The van der Waals surface area contributed by atoms with E-state index >= 15 is 0 Å². The molecule has 3 nitrogen and oxygen atoms in total. The van der Waals surface area contributed by atoms with Crippen LogP contribution in [0.2, 0.25) is 0 Å². The number of anilines is 2. The van der Waals surface area contributed by atoms with Gasteiger partial charge >= 0.3 is 0 Å². The maximum atomic E-state index is 11.7. The van der Waals surface area contributed by atoms with Crippen molar-refractivity contribution in [3.05, 3.63) is 24.3 Å². The topological polar surface area (TPSA) is 23.6 Å². The third-order valence-corrected chi connectivity index (χ3v) is 4.94. The molecule has 108 valence electrons. The summed E-state index contributed by atoms with van der Waals surface area (Å²) in [6.45, 7) is 2.94. The highest BCUT2D eigenvalue weighted by Gasteiger charge is 2.35. The van der Waals surface area contributed by atoms with Crippen molar-refractivity contribution in [1.82, 2.24) is 0 Å². The lowest BCUT2D eigenvalue weighted by atomic mass is 9.74. The van der Waals surface area contributed by atoms with E-state index in [1.807, 2.05) is 0 Å². The monoisotopic (exact) mass is 272 g/mol. The van der Waals surface area contributed by atoms with Crippen molar-refractivity contribution in [2.75, 3.05) is 36.5 Å². The molecule has 0 saturated heterocycles. The zero-order chi connectivity index (χ0) is 14.0. The third kappa shape index (κ3) is 2.41. The van der Waals surface area contributed by atoms with Gasteiger partial charge in [0, 0.05) is 32.1 Å². The van der Waals surface area contributed by atoms with E-state index < -0.39 is 0 Å². The van der Waals surface area contributed by atoms with Gasteiger partial charge in [0.05, 0.1) is 11.4 Å². The van der Waals surface area contributed by atoms with E-state index in [0.717, 1.165) is 32.5 Å². The smallest absolute Gasteiger partial charge is 0.127 e. The molecule has 0 N–H and O–H groups in total. The van der Waals surface area contributed by atoms with Crippen LogP contribution in [-0.4, -0.2) is 33.0 Å². The maximum absolute atomic E-state index is 11.7. The number of benzene rings is 1. The van der Waals surface area contributed by atoms with E-state index in [9.17, 15) is 4.79 Å². The number of likely N-dealkylation sites (N-methyl/N-ethyl adjacent to an activating group) is 1. The predicted octanol–water partition coefficient (Wildman–Crippen LogP) is 3.09. The fraction of sp³-hybridized carbons (Fsp3) is 0.588. The standard InChI is InChI=1S/C17H24N2O/c1-18-11-12-19(16-8-4-3-7-15(16)18)13-17(14-20)9-5-2-6-10-17/h3-4,7-8,14H,2,5-6,9-13H2,1H3. The van der Waals surface area contributed by atoms with Gasteiger partial charge in [-0.1, -0.05) is 31.4 Å². The Kier molecular flexibility index (Phi) is 3.68. The lowest BCUT2D eigenvalue weighted by molar-refractivity contribution is -0.117. The van der Waals surface area contributed by atoms with Crippen molar-refractivity contribution in [2.24, 2.45) is 5.41 Å². The molecule has 1 aliphatic carbocycles. The largest absolute Gasteiger partial charge is 0.371 e. The molecular weight excluding hydrogens is 248 g/mol. The zero-order valence-electron chi connectivity index (χ0n) is 12.3. The minimum absolute atomic E-state index is 0.110. The molecule has 1 aliphatic heterocycles. The number of rotatable bonds is 3. The van der Waals surface area contributed by atoms with Gasteiger partial charge in [0.25, 0.3) is 0 Å². The van der Waals surface area contributed by atoms with Gasteiger partial charge in [-0.25, -0.2) is 0 Å². The molecule has 0 radical (unpaired) electrons. The van der Waals surface area contributed by atoms with Crippen LogP contribution in [0.5, 0.6) is 0 Å². The van der Waals surface area contributed by atoms with Crippen molar-refractivity contribution >= 4 is 17.7 Å². The van der Waals surface area contributed by atoms with E-state index in [2.05, 4.69) is 41.1 Å². The second kappa shape index (κ2) is 5.47. The summed E-state index contributed by atoms with van der Waals surface area (Å²) >= 11 is 0. The summed E-state index contributed by atoms with van der Waals surface area (Å²) in [6.07, 6.45) is 7.06. The van der Waals surface area contributed by atoms with Crippen molar-refractivity contribution in [1.29, 1.82) is 0 Å². The Morgan fingerprint density at radius 1 is 1.10 bits per heavy atom. The van der Waals surface area contributed by atoms with Gasteiger partial charge in [-0.05, 0) is 25.0 Å². The number of carbonyl (C=O) groups excluding carboxylic acids is 1. The van der Waals surface area contributed by atoms with Crippen molar-refractivity contribution in [2.45, 2.75) is 32.1 Å². The van der Waals surface area contributed by atoms with Crippen LogP contribution in [0.4, 0.5) is 11.4 Å². The second-order valence-corrected chi connectivity index (χ2v) is 6.37. The lowest BCUT2D eigenvalue weighted by Gasteiger charge is -2.42. The summed E-state index contributed by atoms with van der Waals surface area (Å²) in [4.78, 5) is 16.4. The molecule has 0 aromatic heterocycles. The Morgan fingerprint density at radius 3 is 2.50 bits per heavy atom. The van der Waals surface area contributed by atoms with Gasteiger partial charge in [-0.15, -0.1) is 0 Å². The van der Waals surface area contributed by atoms with E-state index in [1.54, 1.807) is 0 Å². The Morgan fingerprint density at radius 2 is 1.80 bits per heavy atom. The molecule has 1 heterocycles. The molecular formula is C17H24N2O. The molecule has 3 heteroatoms. The Balaban J connectivity index is 1.84. The second-order valence-electron chi connectivity index (χ2n) is 6.37. The van der Waals surface area contributed by atoms with Gasteiger partial charge < -0.3 is 14.6 Å². The molecule has 0 amide bonds. The van der Waals surface area contributed by atoms with Gasteiger partial charge in [0.1, 0.15) is 6.29 Å². The first-order valence-corrected chi connectivity index (χ1v) is 7.76. The number of nitrogens with zero attached hydrogens (tertiary/aromatic N) is 2. The minimum atomic E-state index is -0.110. The molecule has 20 heavy (non-hydrogen) atoms. The first kappa shape index (κ1) is 13.5. The van der Waals surface area contributed by atoms with Crippen molar-refractivity contribution in [3.63, 3.8) is 0 Å². The SMILES string of the molecule is CN1CCN(CC2(C=O)CCCCC2)c2ccccc21. The summed E-state index contributed by atoms with van der Waals surface area (Å²) in [5.74, 6) is 0. The van der Waals surface area contributed by atoms with Crippen LogP contribution >= 0.6 is 0 Å². The van der Waals surface area contributed by atoms with Crippen molar-refractivity contribution in [3.8, 4) is 0 Å². The number of hydrogen-bond acceptors (Lipinski definition) is 3. The molecule has 1 fully saturated rings. The first-order valence-electron chi connectivity index (χ1n) is 7.76. The van der Waals surface area contributed by atoms with Crippen LogP contribution in [0.1, 0.15) is 32.1 Å². The lowest BCUT2D eigenvalue weighted by Crippen LogP contribution is -2.46. The fourth-order valence-electron chi connectivity index (χ4n) is 3.68. The number of aldehydes is 1. The highest BCUT2D eigenvalue weighted by Crippen LogP contribution is 2.39. The highest BCUT2D eigenvalue weighted by atomic mass is 16.1. The van der Waals surface area contributed by atoms with Crippen molar-refractivity contribution < 1.29 is 4.79 Å². The average molecular weight is 272 g/mol. The number of hydrogen-bond donors (Lipinski definition) is 0. The number of para-hydroxylation sites is 2. The van der Waals surface area contributed by atoms with Gasteiger partial charge in [0.2, 0.25) is 0 Å². The molecule has 1 aromatic rings. The summed E-state index contributed by atoms with van der Waals surface area (Å²) in [5.41, 5.74) is 2.46. The quantitative estimate of drug-likeness (QED) is 0.790. The van der Waals surface area contributed by atoms with E-state index in [-0.39, 0.29) is 5.41 Å². The van der Waals surface area contributed by atoms with E-state index in [1.165, 1.54) is 36.9 Å². The molecule has 1 aromatic carbocycles. The molecule has 0 spiro atoms. The zero-order valence-corrected chi connectivity index (χ0v) is 12.3. The first-order chi connectivity index (χ1) is 9.74. The number of fused-ring (bicyclic) bond motifs is 1. The van der Waals surface area contributed by atoms with E-state index in [4.69, 9.17) is 0 Å². The fourth-order valence-corrected chi connectivity index (χ4v) is 3.68. The Hall–Kier alpha value is -1.51. The summed E-state index contributed by atoms with van der Waals surface area (Å²) in [6, 6.07) is 8.55. The molecule has 1 saturated carbocycles. The Labute approximate surface area is 121 Å². The third-order valence-electron chi connectivity index (χ3n) is 4.94. The molecule has 3 rings (SSSR count). The highest BCUT2D eigenvalue weighted by molar-refractivity contribution is 5.74. The van der Waals surface area contributed by atoms with E-state index in [0.29, 0.717) is 0 Å². The van der Waals surface area contributed by atoms with Crippen LogP contribution in [0.25, 0.3) is 0 Å². The Bertz CT molecular complexity index is 480. The summed E-state index contributed by atoms with van der Waals surface area (Å²) in [5, 5.41) is 0. The normalized spacial score (nSPS) is 21.4. The minimum Gasteiger partial charge on any atom is -0.371 e. The molecule has 2 aliphatic rings. The number of carbonyl (C=O) groups is 1. The van der Waals surface area contributed by atoms with Crippen LogP contribution in [0.3, 0.4) is 0 Å². The van der Waals surface area contributed by atoms with Crippen LogP contribution < -0.4 is 9.80 Å². The predicted molar refractivity (Wildman–Crippen MR) is 83.5 cm³/mol. The van der Waals surface area contributed by atoms with Gasteiger partial charge in [0.15, 0.2) is 0 Å². The molecule has 0 atom stereocenters. The van der Waals surface area contributed by atoms with Gasteiger partial charge in [-0.3, -0.25) is 0 Å². The maximum Gasteiger partial charge on any atom is 0.127 e. The summed E-state index contributed by atoms with van der Waals surface area (Å²) < 4.78 is 0. The summed E-state index contributed by atoms with van der Waals surface area (Å²) in [7, 11) is 2.15. The van der Waals surface area contributed by atoms with Crippen LogP contribution in [-0.2, 0) is 4.79 Å². The average Bonchev–Trinajstić information content (AvgIpc) is 2.51. The molecule has 0 bridgehead atoms.